The molecular formula is C14H14ClN. The van der Waals surface area contributed by atoms with Gasteiger partial charge >= 0.3 is 0 Å². The molecule has 82 valence electrons. The maximum absolute atomic E-state index is 6.22. The van der Waals surface area contributed by atoms with E-state index >= 15 is 0 Å². The average molecular weight is 232 g/mol. The molecule has 0 fully saturated rings. The molecule has 2 rings (SSSR count). The fourth-order valence-electron chi connectivity index (χ4n) is 1.65. The molecule has 1 nitrogen and oxygen atoms in total. The highest BCUT2D eigenvalue weighted by molar-refractivity contribution is 6.33. The van der Waals surface area contributed by atoms with Crippen LogP contribution in [0.25, 0.3) is 11.1 Å². The van der Waals surface area contributed by atoms with E-state index in [2.05, 4.69) is 31.0 Å². The van der Waals surface area contributed by atoms with Crippen LogP contribution >= 0.6 is 11.6 Å². The van der Waals surface area contributed by atoms with Crippen LogP contribution < -0.4 is 0 Å². The number of benzene rings is 1. The molecule has 1 aromatic carbocycles. The lowest BCUT2D eigenvalue weighted by molar-refractivity contribution is 0.867. The van der Waals surface area contributed by atoms with Crippen LogP contribution in [0.4, 0.5) is 0 Å². The lowest BCUT2D eigenvalue weighted by atomic mass is 9.98. The third kappa shape index (κ3) is 2.25. The minimum atomic E-state index is 0.512. The van der Waals surface area contributed by atoms with Crippen molar-refractivity contribution in [1.29, 1.82) is 0 Å². The third-order valence-corrected chi connectivity index (χ3v) is 2.98. The van der Waals surface area contributed by atoms with Crippen molar-refractivity contribution in [3.63, 3.8) is 0 Å². The van der Waals surface area contributed by atoms with Crippen LogP contribution in [0.5, 0.6) is 0 Å². The largest absolute Gasteiger partial charge is 0.265 e. The lowest BCUT2D eigenvalue weighted by Crippen LogP contribution is -1.89. The Balaban J connectivity index is 2.52. The van der Waals surface area contributed by atoms with Gasteiger partial charge in [0.25, 0.3) is 0 Å². The van der Waals surface area contributed by atoms with Gasteiger partial charge in [0.15, 0.2) is 0 Å². The summed E-state index contributed by atoms with van der Waals surface area (Å²) in [6.45, 7) is 4.36. The lowest BCUT2D eigenvalue weighted by Gasteiger charge is -2.10. The molecule has 0 spiro atoms. The minimum Gasteiger partial charge on any atom is -0.265 e. The van der Waals surface area contributed by atoms with Gasteiger partial charge in [0.2, 0.25) is 0 Å². The molecule has 1 aromatic heterocycles. The standard InChI is InChI=1S/C14H14ClN/c1-10(2)12-3-4-14(15)13(9-12)11-5-7-16-8-6-11/h3-10H,1-2H3. The first-order valence-electron chi connectivity index (χ1n) is 5.38. The molecule has 0 aliphatic heterocycles. The Kier molecular flexibility index (Phi) is 3.25. The molecule has 1 heterocycles. The summed E-state index contributed by atoms with van der Waals surface area (Å²) in [5.41, 5.74) is 3.49. The highest BCUT2D eigenvalue weighted by Crippen LogP contribution is 2.30. The van der Waals surface area contributed by atoms with Crippen LogP contribution in [0, 0.1) is 0 Å². The van der Waals surface area contributed by atoms with Gasteiger partial charge in [-0.3, -0.25) is 4.98 Å². The van der Waals surface area contributed by atoms with Crippen molar-refractivity contribution in [3.8, 4) is 11.1 Å². The van der Waals surface area contributed by atoms with Gasteiger partial charge in [-0.15, -0.1) is 0 Å². The predicted octanol–water partition coefficient (Wildman–Crippen LogP) is 4.53. The minimum absolute atomic E-state index is 0.512. The van der Waals surface area contributed by atoms with E-state index in [1.807, 2.05) is 18.2 Å². The molecule has 0 bridgehead atoms. The summed E-state index contributed by atoms with van der Waals surface area (Å²) in [5.74, 6) is 0.512. The molecule has 0 atom stereocenters. The van der Waals surface area contributed by atoms with Crippen LogP contribution in [0.3, 0.4) is 0 Å². The highest BCUT2D eigenvalue weighted by atomic mass is 35.5. The first-order chi connectivity index (χ1) is 7.68. The van der Waals surface area contributed by atoms with Crippen LogP contribution in [-0.4, -0.2) is 4.98 Å². The molecule has 0 saturated heterocycles. The van der Waals surface area contributed by atoms with Crippen molar-refractivity contribution in [3.05, 3.63) is 53.3 Å². The van der Waals surface area contributed by atoms with Crippen molar-refractivity contribution in [2.45, 2.75) is 19.8 Å². The Bertz CT molecular complexity index is 477. The Hall–Kier alpha value is -1.34. The Morgan fingerprint density at radius 1 is 1.06 bits per heavy atom. The van der Waals surface area contributed by atoms with Gasteiger partial charge in [-0.05, 0) is 41.3 Å². The second-order valence-electron chi connectivity index (χ2n) is 4.13. The monoisotopic (exact) mass is 231 g/mol. The maximum Gasteiger partial charge on any atom is 0.0484 e. The van der Waals surface area contributed by atoms with E-state index in [0.29, 0.717) is 5.92 Å². The molecule has 2 aromatic rings. The first-order valence-corrected chi connectivity index (χ1v) is 5.76. The van der Waals surface area contributed by atoms with E-state index in [0.717, 1.165) is 16.1 Å². The van der Waals surface area contributed by atoms with Gasteiger partial charge in [-0.25, -0.2) is 0 Å². The number of rotatable bonds is 2. The van der Waals surface area contributed by atoms with E-state index < -0.39 is 0 Å². The molecule has 0 amide bonds. The van der Waals surface area contributed by atoms with Crippen molar-refractivity contribution in [1.82, 2.24) is 4.98 Å². The highest BCUT2D eigenvalue weighted by Gasteiger charge is 2.06. The molecule has 0 saturated carbocycles. The topological polar surface area (TPSA) is 12.9 Å². The van der Waals surface area contributed by atoms with E-state index in [9.17, 15) is 0 Å². The molecule has 0 unspecified atom stereocenters. The fourth-order valence-corrected chi connectivity index (χ4v) is 1.88. The zero-order valence-electron chi connectivity index (χ0n) is 9.44. The van der Waals surface area contributed by atoms with Crippen LogP contribution in [0.1, 0.15) is 25.3 Å². The number of halogens is 1. The van der Waals surface area contributed by atoms with E-state index in [1.54, 1.807) is 12.4 Å². The summed E-state index contributed by atoms with van der Waals surface area (Å²) < 4.78 is 0. The molecule has 0 aliphatic rings. The Morgan fingerprint density at radius 3 is 2.38 bits per heavy atom. The zero-order chi connectivity index (χ0) is 11.5. The summed E-state index contributed by atoms with van der Waals surface area (Å²) in [6, 6.07) is 10.2. The first kappa shape index (κ1) is 11.2. The molecule has 0 aliphatic carbocycles. The summed E-state index contributed by atoms with van der Waals surface area (Å²) >= 11 is 6.22. The molecular weight excluding hydrogens is 218 g/mol. The number of hydrogen-bond donors (Lipinski definition) is 0. The van der Waals surface area contributed by atoms with Crippen LogP contribution in [0.2, 0.25) is 5.02 Å². The van der Waals surface area contributed by atoms with Crippen molar-refractivity contribution in [2.75, 3.05) is 0 Å². The normalized spacial score (nSPS) is 10.8. The van der Waals surface area contributed by atoms with Crippen molar-refractivity contribution >= 4 is 11.6 Å². The third-order valence-electron chi connectivity index (χ3n) is 2.65. The van der Waals surface area contributed by atoms with Crippen LogP contribution in [0.15, 0.2) is 42.7 Å². The summed E-state index contributed by atoms with van der Waals surface area (Å²) in [5, 5.41) is 0.788. The SMILES string of the molecule is CC(C)c1ccc(Cl)c(-c2ccncc2)c1. The van der Waals surface area contributed by atoms with Crippen LogP contribution in [-0.2, 0) is 0 Å². The number of nitrogens with zero attached hydrogens (tertiary/aromatic N) is 1. The molecule has 0 radical (unpaired) electrons. The van der Waals surface area contributed by atoms with Gasteiger partial charge in [0.1, 0.15) is 0 Å². The Labute approximate surface area is 101 Å². The fraction of sp³-hybridized carbons (Fsp3) is 0.214. The second kappa shape index (κ2) is 4.67. The van der Waals surface area contributed by atoms with E-state index in [1.165, 1.54) is 5.56 Å². The van der Waals surface area contributed by atoms with Gasteiger partial charge in [0.05, 0.1) is 0 Å². The molecule has 0 N–H and O–H groups in total. The number of pyridine rings is 1. The number of hydrogen-bond acceptors (Lipinski definition) is 1. The molecule has 16 heavy (non-hydrogen) atoms. The number of aromatic nitrogens is 1. The van der Waals surface area contributed by atoms with Gasteiger partial charge in [-0.1, -0.05) is 31.5 Å². The van der Waals surface area contributed by atoms with E-state index in [-0.39, 0.29) is 0 Å². The average Bonchev–Trinajstić information content (AvgIpc) is 2.30. The second-order valence-corrected chi connectivity index (χ2v) is 4.54. The molecule has 2 heteroatoms. The van der Waals surface area contributed by atoms with Crippen molar-refractivity contribution < 1.29 is 0 Å². The Morgan fingerprint density at radius 2 is 1.75 bits per heavy atom. The zero-order valence-corrected chi connectivity index (χ0v) is 10.2. The predicted molar refractivity (Wildman–Crippen MR) is 68.8 cm³/mol. The van der Waals surface area contributed by atoms with E-state index in [4.69, 9.17) is 11.6 Å². The summed E-state index contributed by atoms with van der Waals surface area (Å²) in [6.07, 6.45) is 3.57. The van der Waals surface area contributed by atoms with Gasteiger partial charge < -0.3 is 0 Å². The maximum atomic E-state index is 6.22. The van der Waals surface area contributed by atoms with Gasteiger partial charge in [-0.2, -0.15) is 0 Å². The summed E-state index contributed by atoms with van der Waals surface area (Å²) in [7, 11) is 0. The summed E-state index contributed by atoms with van der Waals surface area (Å²) in [4.78, 5) is 4.02. The smallest absolute Gasteiger partial charge is 0.0484 e. The van der Waals surface area contributed by atoms with Crippen molar-refractivity contribution in [2.24, 2.45) is 0 Å². The van der Waals surface area contributed by atoms with Gasteiger partial charge in [0, 0.05) is 23.0 Å². The quantitative estimate of drug-likeness (QED) is 0.740.